The zero-order valence-electron chi connectivity index (χ0n) is 9.02. The second-order valence-corrected chi connectivity index (χ2v) is 3.81. The molecule has 0 radical (unpaired) electrons. The number of fused-ring (bicyclic) bond motifs is 3. The Labute approximate surface area is 95.4 Å². The topological polar surface area (TPSA) is 60.4 Å². The third kappa shape index (κ3) is 1.38. The van der Waals surface area contributed by atoms with Crippen molar-refractivity contribution in [3.05, 3.63) is 46.5 Å². The molecule has 4 heteroatoms. The number of hydrogen-bond acceptors (Lipinski definition) is 4. The number of rotatable bonds is 1. The average Bonchev–Trinajstić information content (AvgIpc) is 2.75. The van der Waals surface area contributed by atoms with E-state index in [1.165, 1.54) is 6.92 Å². The van der Waals surface area contributed by atoms with Crippen molar-refractivity contribution >= 4 is 27.7 Å². The number of furan rings is 1. The molecule has 0 amide bonds. The molecule has 3 rings (SSSR count). The van der Waals surface area contributed by atoms with Crippen LogP contribution in [0.4, 0.5) is 0 Å². The molecule has 17 heavy (non-hydrogen) atoms. The van der Waals surface area contributed by atoms with Gasteiger partial charge in [-0.15, -0.1) is 0 Å². The van der Waals surface area contributed by atoms with Crippen molar-refractivity contribution in [2.45, 2.75) is 6.92 Å². The molecular formula is C13H8O4. The highest BCUT2D eigenvalue weighted by molar-refractivity contribution is 6.06. The lowest BCUT2D eigenvalue weighted by atomic mass is 10.1. The lowest BCUT2D eigenvalue weighted by Crippen LogP contribution is -2.10. The second-order valence-electron chi connectivity index (χ2n) is 3.81. The quantitative estimate of drug-likeness (QED) is 0.474. The summed E-state index contributed by atoms with van der Waals surface area (Å²) in [5.41, 5.74) is 0.605. The Hall–Kier alpha value is -2.36. The third-order valence-electron chi connectivity index (χ3n) is 2.73. The highest BCUT2D eigenvalue weighted by Crippen LogP contribution is 2.25. The van der Waals surface area contributed by atoms with Gasteiger partial charge in [0.15, 0.2) is 5.78 Å². The zero-order chi connectivity index (χ0) is 12.0. The minimum absolute atomic E-state index is 0.0613. The van der Waals surface area contributed by atoms with Crippen LogP contribution in [0.2, 0.25) is 0 Å². The predicted molar refractivity (Wildman–Crippen MR) is 62.3 cm³/mol. The summed E-state index contributed by atoms with van der Waals surface area (Å²) >= 11 is 0. The molecule has 1 aromatic carbocycles. The lowest BCUT2D eigenvalue weighted by molar-refractivity contribution is 0.101. The van der Waals surface area contributed by atoms with Crippen LogP contribution in [0.5, 0.6) is 0 Å². The van der Waals surface area contributed by atoms with Gasteiger partial charge in [-0.1, -0.05) is 0 Å². The summed E-state index contributed by atoms with van der Waals surface area (Å²) in [5.74, 6) is -0.304. The van der Waals surface area contributed by atoms with Crippen molar-refractivity contribution in [3.8, 4) is 0 Å². The normalized spacial score (nSPS) is 11.1. The highest BCUT2D eigenvalue weighted by Gasteiger charge is 2.12. The average molecular weight is 228 g/mol. The maximum absolute atomic E-state index is 11.5. The van der Waals surface area contributed by atoms with Gasteiger partial charge in [0.1, 0.15) is 16.7 Å². The Morgan fingerprint density at radius 2 is 1.88 bits per heavy atom. The van der Waals surface area contributed by atoms with Crippen molar-refractivity contribution in [1.82, 2.24) is 0 Å². The van der Waals surface area contributed by atoms with Crippen molar-refractivity contribution < 1.29 is 13.6 Å². The molecule has 0 unspecified atom stereocenters. The molecule has 2 heterocycles. The number of carbonyl (C=O) groups is 1. The van der Waals surface area contributed by atoms with Crippen LogP contribution in [0.3, 0.4) is 0 Å². The van der Waals surface area contributed by atoms with Crippen LogP contribution in [0.15, 0.2) is 44.2 Å². The van der Waals surface area contributed by atoms with E-state index in [0.29, 0.717) is 16.6 Å². The van der Waals surface area contributed by atoms with Gasteiger partial charge in [0.25, 0.3) is 0 Å². The van der Waals surface area contributed by atoms with Crippen LogP contribution in [-0.4, -0.2) is 5.78 Å². The number of carbonyl (C=O) groups excluding carboxylic acids is 1. The summed E-state index contributed by atoms with van der Waals surface area (Å²) < 4.78 is 10.4. The highest BCUT2D eigenvalue weighted by atomic mass is 16.4. The molecule has 0 saturated carbocycles. The van der Waals surface area contributed by atoms with Gasteiger partial charge in [-0.05, 0) is 31.2 Å². The van der Waals surface area contributed by atoms with Crippen molar-refractivity contribution in [3.63, 3.8) is 0 Å². The lowest BCUT2D eigenvalue weighted by Gasteiger charge is -1.99. The van der Waals surface area contributed by atoms with Crippen LogP contribution in [-0.2, 0) is 0 Å². The van der Waals surface area contributed by atoms with Gasteiger partial charge in [0.05, 0.1) is 6.26 Å². The van der Waals surface area contributed by atoms with E-state index in [2.05, 4.69) is 0 Å². The first kappa shape index (κ1) is 9.84. The molecule has 0 atom stereocenters. The number of benzene rings is 1. The van der Waals surface area contributed by atoms with E-state index in [1.807, 2.05) is 0 Å². The number of ketones is 1. The summed E-state index contributed by atoms with van der Waals surface area (Å²) in [5, 5.41) is 1.54. The van der Waals surface area contributed by atoms with Gasteiger partial charge >= 0.3 is 5.63 Å². The van der Waals surface area contributed by atoms with Gasteiger partial charge in [0.2, 0.25) is 0 Å². The Bertz CT molecular complexity index is 792. The van der Waals surface area contributed by atoms with Crippen molar-refractivity contribution in [1.29, 1.82) is 0 Å². The van der Waals surface area contributed by atoms with E-state index in [0.717, 1.165) is 5.39 Å². The van der Waals surface area contributed by atoms with Gasteiger partial charge < -0.3 is 8.83 Å². The second kappa shape index (κ2) is 3.31. The summed E-state index contributed by atoms with van der Waals surface area (Å²) in [6.45, 7) is 1.34. The molecule has 0 spiro atoms. The van der Waals surface area contributed by atoms with E-state index in [9.17, 15) is 9.59 Å². The number of hydrogen-bond donors (Lipinski definition) is 0. The SMILES string of the molecule is CC(=O)c1cc2c(ccc3occc32)oc1=O. The Kier molecular flexibility index (Phi) is 1.92. The molecule has 4 nitrogen and oxygen atoms in total. The van der Waals surface area contributed by atoms with E-state index in [4.69, 9.17) is 8.83 Å². The predicted octanol–water partition coefficient (Wildman–Crippen LogP) is 2.74. The monoisotopic (exact) mass is 228 g/mol. The van der Waals surface area contributed by atoms with Crippen LogP contribution < -0.4 is 5.63 Å². The molecule has 0 aliphatic carbocycles. The standard InChI is InChI=1S/C13H8O4/c1-7(14)9-6-10-8-4-5-16-11(8)2-3-12(10)17-13(9)15/h2-6H,1H3. The van der Waals surface area contributed by atoms with E-state index in [1.54, 1.807) is 30.5 Å². The Morgan fingerprint density at radius 1 is 1.12 bits per heavy atom. The maximum atomic E-state index is 11.5. The summed E-state index contributed by atoms with van der Waals surface area (Å²) in [7, 11) is 0. The smallest absolute Gasteiger partial charge is 0.347 e. The van der Waals surface area contributed by atoms with Crippen molar-refractivity contribution in [2.24, 2.45) is 0 Å². The van der Waals surface area contributed by atoms with Crippen molar-refractivity contribution in [2.75, 3.05) is 0 Å². The number of Topliss-reactive ketones (excluding diaryl/α,β-unsaturated/α-hetero) is 1. The van der Waals surface area contributed by atoms with E-state index in [-0.39, 0.29) is 11.3 Å². The molecule has 0 N–H and O–H groups in total. The minimum atomic E-state index is -0.604. The first-order chi connectivity index (χ1) is 8.16. The molecular weight excluding hydrogens is 220 g/mol. The molecule has 84 valence electrons. The molecule has 0 saturated heterocycles. The van der Waals surface area contributed by atoms with Crippen LogP contribution in [0, 0.1) is 0 Å². The van der Waals surface area contributed by atoms with E-state index >= 15 is 0 Å². The molecule has 0 aliphatic rings. The van der Waals surface area contributed by atoms with Gasteiger partial charge in [-0.25, -0.2) is 4.79 Å². The van der Waals surface area contributed by atoms with Crippen LogP contribution in [0.1, 0.15) is 17.3 Å². The first-order valence-corrected chi connectivity index (χ1v) is 5.12. The molecule has 0 aliphatic heterocycles. The van der Waals surface area contributed by atoms with Gasteiger partial charge in [0, 0.05) is 10.8 Å². The fourth-order valence-electron chi connectivity index (χ4n) is 1.89. The van der Waals surface area contributed by atoms with E-state index < -0.39 is 5.63 Å². The fourth-order valence-corrected chi connectivity index (χ4v) is 1.89. The largest absolute Gasteiger partial charge is 0.464 e. The molecule has 3 aromatic rings. The fraction of sp³-hybridized carbons (Fsp3) is 0.0769. The van der Waals surface area contributed by atoms with Gasteiger partial charge in [-0.2, -0.15) is 0 Å². The Balaban J connectivity index is 2.53. The summed E-state index contributed by atoms with van der Waals surface area (Å²) in [4.78, 5) is 22.8. The molecule has 0 fully saturated rings. The molecule has 0 bridgehead atoms. The maximum Gasteiger partial charge on any atom is 0.347 e. The summed E-state index contributed by atoms with van der Waals surface area (Å²) in [6.07, 6.45) is 1.56. The van der Waals surface area contributed by atoms with Crippen LogP contribution in [0.25, 0.3) is 21.9 Å². The Morgan fingerprint density at radius 3 is 2.65 bits per heavy atom. The van der Waals surface area contributed by atoms with Crippen LogP contribution >= 0.6 is 0 Å². The molecule has 2 aromatic heterocycles. The van der Waals surface area contributed by atoms with Gasteiger partial charge in [-0.3, -0.25) is 4.79 Å². The third-order valence-corrected chi connectivity index (χ3v) is 2.73. The zero-order valence-corrected chi connectivity index (χ0v) is 9.02. The minimum Gasteiger partial charge on any atom is -0.464 e. The summed E-state index contributed by atoms with van der Waals surface area (Å²) in [6, 6.07) is 6.73. The first-order valence-electron chi connectivity index (χ1n) is 5.12.